The maximum Gasteiger partial charge on any atom is 0.163 e. The molecule has 3 aliphatic heterocycles. The lowest BCUT2D eigenvalue weighted by molar-refractivity contribution is 0.171. The van der Waals surface area contributed by atoms with Crippen LogP contribution in [0.15, 0.2) is 60.7 Å². The molecule has 170 valence electrons. The van der Waals surface area contributed by atoms with Gasteiger partial charge in [-0.25, -0.2) is 10.9 Å². The fourth-order valence-corrected chi connectivity index (χ4v) is 5.28. The molecular weight excluding hydrogens is 414 g/mol. The summed E-state index contributed by atoms with van der Waals surface area (Å²) in [6.07, 6.45) is 0. The zero-order valence-corrected chi connectivity index (χ0v) is 19.0. The first kappa shape index (κ1) is 20.4. The molecule has 6 nitrogen and oxygen atoms in total. The van der Waals surface area contributed by atoms with E-state index in [1.54, 1.807) is 7.11 Å². The molecular formula is C27H29N3O3. The van der Waals surface area contributed by atoms with Crippen molar-refractivity contribution in [2.75, 3.05) is 31.8 Å². The third kappa shape index (κ3) is 3.69. The fourth-order valence-electron chi connectivity index (χ4n) is 5.28. The van der Waals surface area contributed by atoms with Crippen molar-refractivity contribution >= 4 is 5.69 Å². The molecule has 0 aliphatic carbocycles. The Hall–Kier alpha value is -3.22. The van der Waals surface area contributed by atoms with Gasteiger partial charge in [0.2, 0.25) is 0 Å². The van der Waals surface area contributed by atoms with E-state index in [4.69, 9.17) is 14.2 Å². The monoisotopic (exact) mass is 443 g/mol. The zero-order valence-electron chi connectivity index (χ0n) is 19.0. The fraction of sp³-hybridized carbons (Fsp3) is 0.333. The van der Waals surface area contributed by atoms with Crippen LogP contribution in [0.2, 0.25) is 0 Å². The normalized spacial score (nSPS) is 23.1. The molecule has 0 aromatic heterocycles. The number of fused-ring (bicyclic) bond motifs is 4. The second kappa shape index (κ2) is 8.28. The van der Waals surface area contributed by atoms with E-state index >= 15 is 0 Å². The Morgan fingerprint density at radius 3 is 2.33 bits per heavy atom. The largest absolute Gasteiger partial charge is 0.497 e. The summed E-state index contributed by atoms with van der Waals surface area (Å²) in [6, 6.07) is 22.0. The van der Waals surface area contributed by atoms with Gasteiger partial charge in [0.1, 0.15) is 19.0 Å². The van der Waals surface area contributed by atoms with Crippen LogP contribution in [0.25, 0.3) is 0 Å². The van der Waals surface area contributed by atoms with Crippen LogP contribution in [0.1, 0.15) is 34.3 Å². The first-order chi connectivity index (χ1) is 16.2. The molecule has 2 N–H and O–H groups in total. The van der Waals surface area contributed by atoms with Crippen molar-refractivity contribution in [3.8, 4) is 17.2 Å². The number of benzene rings is 3. The van der Waals surface area contributed by atoms with Crippen molar-refractivity contribution in [1.82, 2.24) is 10.9 Å². The van der Waals surface area contributed by atoms with E-state index in [1.165, 1.54) is 27.9 Å². The third-order valence-corrected chi connectivity index (χ3v) is 7.02. The summed E-state index contributed by atoms with van der Waals surface area (Å²) in [5.41, 5.74) is 13.5. The van der Waals surface area contributed by atoms with Crippen LogP contribution in [0, 0.1) is 12.8 Å². The topological polar surface area (TPSA) is 55.0 Å². The lowest BCUT2D eigenvalue weighted by Crippen LogP contribution is -2.39. The molecule has 3 heterocycles. The van der Waals surface area contributed by atoms with E-state index in [2.05, 4.69) is 71.2 Å². The van der Waals surface area contributed by atoms with Gasteiger partial charge >= 0.3 is 0 Å². The first-order valence-corrected chi connectivity index (χ1v) is 11.6. The van der Waals surface area contributed by atoms with Crippen LogP contribution in [-0.2, 0) is 6.54 Å². The number of anilines is 1. The second-order valence-electron chi connectivity index (χ2n) is 9.10. The summed E-state index contributed by atoms with van der Waals surface area (Å²) in [4.78, 5) is 2.48. The van der Waals surface area contributed by atoms with Crippen molar-refractivity contribution in [2.24, 2.45) is 5.92 Å². The van der Waals surface area contributed by atoms with Crippen LogP contribution in [-0.4, -0.2) is 26.9 Å². The van der Waals surface area contributed by atoms with E-state index in [0.29, 0.717) is 19.1 Å². The Labute approximate surface area is 194 Å². The summed E-state index contributed by atoms with van der Waals surface area (Å²) in [5, 5.41) is 0. The standard InChI is InChI=1S/C27H29N3O3/c1-17-3-7-19(8-4-17)26-22-16-30(15-18-5-9-20(31-2)10-6-18)23-14-25-24(32-11-12-33-25)13-21(23)27(22)29-28-26/h3-10,13-14,22,26-29H,11-12,15-16H2,1-2H3. The molecule has 3 unspecified atom stereocenters. The summed E-state index contributed by atoms with van der Waals surface area (Å²) in [6.45, 7) is 5.06. The van der Waals surface area contributed by atoms with Gasteiger partial charge in [-0.1, -0.05) is 42.0 Å². The lowest BCUT2D eigenvalue weighted by Gasteiger charge is -2.40. The van der Waals surface area contributed by atoms with E-state index < -0.39 is 0 Å². The molecule has 0 saturated carbocycles. The number of hydrogen-bond acceptors (Lipinski definition) is 6. The minimum Gasteiger partial charge on any atom is -0.497 e. The smallest absolute Gasteiger partial charge is 0.163 e. The Balaban J connectivity index is 1.38. The predicted molar refractivity (Wildman–Crippen MR) is 128 cm³/mol. The Morgan fingerprint density at radius 2 is 1.61 bits per heavy atom. The number of rotatable bonds is 4. The SMILES string of the molecule is COc1ccc(CN2CC3C(c4ccc(C)cc4)NNC3c3cc4c(cc32)OCCO4)cc1. The van der Waals surface area contributed by atoms with E-state index in [9.17, 15) is 0 Å². The highest BCUT2D eigenvalue weighted by Crippen LogP contribution is 2.49. The van der Waals surface area contributed by atoms with Crippen LogP contribution in [0.5, 0.6) is 17.2 Å². The molecule has 0 amide bonds. The highest BCUT2D eigenvalue weighted by atomic mass is 16.6. The van der Waals surface area contributed by atoms with E-state index in [0.717, 1.165) is 30.3 Å². The molecule has 33 heavy (non-hydrogen) atoms. The molecule has 0 radical (unpaired) electrons. The lowest BCUT2D eigenvalue weighted by atomic mass is 9.81. The van der Waals surface area contributed by atoms with Crippen molar-refractivity contribution in [3.05, 3.63) is 82.9 Å². The highest BCUT2D eigenvalue weighted by Gasteiger charge is 2.44. The van der Waals surface area contributed by atoms with Crippen LogP contribution in [0.4, 0.5) is 5.69 Å². The summed E-state index contributed by atoms with van der Waals surface area (Å²) >= 11 is 0. The quantitative estimate of drug-likeness (QED) is 0.627. The number of methoxy groups -OCH3 is 1. The number of hydrogen-bond donors (Lipinski definition) is 2. The summed E-state index contributed by atoms with van der Waals surface area (Å²) in [7, 11) is 1.70. The van der Waals surface area contributed by atoms with Gasteiger partial charge in [0.05, 0.1) is 19.2 Å². The van der Waals surface area contributed by atoms with Gasteiger partial charge < -0.3 is 19.1 Å². The second-order valence-corrected chi connectivity index (χ2v) is 9.10. The van der Waals surface area contributed by atoms with Crippen molar-refractivity contribution in [2.45, 2.75) is 25.6 Å². The Kier molecular flexibility index (Phi) is 5.12. The van der Waals surface area contributed by atoms with Crippen molar-refractivity contribution < 1.29 is 14.2 Å². The molecule has 3 aliphatic rings. The molecule has 3 atom stereocenters. The van der Waals surface area contributed by atoms with E-state index in [-0.39, 0.29) is 12.1 Å². The predicted octanol–water partition coefficient (Wildman–Crippen LogP) is 4.30. The molecule has 1 saturated heterocycles. The first-order valence-electron chi connectivity index (χ1n) is 11.6. The van der Waals surface area contributed by atoms with Gasteiger partial charge in [-0.2, -0.15) is 0 Å². The molecule has 3 aromatic carbocycles. The Morgan fingerprint density at radius 1 is 0.909 bits per heavy atom. The average molecular weight is 444 g/mol. The van der Waals surface area contributed by atoms with Crippen molar-refractivity contribution in [3.63, 3.8) is 0 Å². The molecule has 6 heteroatoms. The van der Waals surface area contributed by atoms with Crippen molar-refractivity contribution in [1.29, 1.82) is 0 Å². The van der Waals surface area contributed by atoms with Crippen LogP contribution < -0.4 is 30.0 Å². The maximum atomic E-state index is 5.94. The van der Waals surface area contributed by atoms with Crippen LogP contribution >= 0.6 is 0 Å². The molecule has 1 fully saturated rings. The molecule has 6 rings (SSSR count). The number of ether oxygens (including phenoxy) is 3. The number of nitrogens with one attached hydrogen (secondary N) is 2. The molecule has 0 bridgehead atoms. The van der Waals surface area contributed by atoms with Crippen LogP contribution in [0.3, 0.4) is 0 Å². The van der Waals surface area contributed by atoms with Gasteiger partial charge in [0.25, 0.3) is 0 Å². The van der Waals surface area contributed by atoms with Gasteiger partial charge in [-0.3, -0.25) is 0 Å². The van der Waals surface area contributed by atoms with Gasteiger partial charge in [0, 0.05) is 30.8 Å². The Bertz CT molecular complexity index is 1150. The maximum absolute atomic E-state index is 5.94. The zero-order chi connectivity index (χ0) is 22.4. The average Bonchev–Trinajstić information content (AvgIpc) is 3.28. The summed E-state index contributed by atoms with van der Waals surface area (Å²) in [5.74, 6) is 2.92. The van der Waals surface area contributed by atoms with Gasteiger partial charge in [-0.05, 0) is 41.8 Å². The van der Waals surface area contributed by atoms with E-state index in [1.807, 2.05) is 12.1 Å². The minimum absolute atomic E-state index is 0.203. The van der Waals surface area contributed by atoms with Gasteiger partial charge in [0.15, 0.2) is 11.5 Å². The molecule has 0 spiro atoms. The number of aryl methyl sites for hydroxylation is 1. The van der Waals surface area contributed by atoms with Gasteiger partial charge in [-0.15, -0.1) is 0 Å². The minimum atomic E-state index is 0.203. The highest BCUT2D eigenvalue weighted by molar-refractivity contribution is 5.65. The summed E-state index contributed by atoms with van der Waals surface area (Å²) < 4.78 is 17.2. The third-order valence-electron chi connectivity index (χ3n) is 7.02. The number of nitrogens with zero attached hydrogens (tertiary/aromatic N) is 1. The number of hydrazine groups is 1. The molecule has 3 aromatic rings.